The molecule has 0 spiro atoms. The third kappa shape index (κ3) is 2.33. The molecule has 0 saturated heterocycles. The van der Waals surface area contributed by atoms with Gasteiger partial charge in [-0.25, -0.2) is 4.79 Å². The maximum atomic E-state index is 12.5. The lowest BCUT2D eigenvalue weighted by atomic mass is 10.2. The molecule has 0 radical (unpaired) electrons. The van der Waals surface area contributed by atoms with Crippen LogP contribution in [0.15, 0.2) is 18.2 Å². The van der Waals surface area contributed by atoms with Crippen LogP contribution >= 0.6 is 0 Å². The van der Waals surface area contributed by atoms with E-state index in [0.717, 1.165) is 0 Å². The van der Waals surface area contributed by atoms with Crippen LogP contribution in [0.4, 0.5) is 0 Å². The van der Waals surface area contributed by atoms with Crippen molar-refractivity contribution in [2.24, 2.45) is 0 Å². The van der Waals surface area contributed by atoms with Crippen LogP contribution in [-0.2, 0) is 4.43 Å². The SMILES string of the molecule is COc1cccc2c1O[Si](C(C)(C)C)(C(C)(C)C)OC2=O. The Bertz CT molecular complexity index is 553. The fourth-order valence-corrected chi connectivity index (χ4v) is 7.42. The number of methoxy groups -OCH3 is 1. The molecule has 1 aromatic carbocycles. The number of ether oxygens (including phenoxy) is 1. The molecule has 2 rings (SSSR count). The number of rotatable bonds is 1. The van der Waals surface area contributed by atoms with Crippen LogP contribution in [0.2, 0.25) is 10.1 Å². The summed E-state index contributed by atoms with van der Waals surface area (Å²) in [6.45, 7) is 12.4. The lowest BCUT2D eigenvalue weighted by Gasteiger charge is -2.49. The minimum atomic E-state index is -2.88. The fourth-order valence-electron chi connectivity index (χ4n) is 3.03. The van der Waals surface area contributed by atoms with Crippen molar-refractivity contribution in [3.05, 3.63) is 23.8 Å². The Balaban J connectivity index is 2.67. The Labute approximate surface area is 127 Å². The molecule has 0 fully saturated rings. The van der Waals surface area contributed by atoms with Crippen molar-refractivity contribution in [2.45, 2.75) is 51.6 Å². The highest BCUT2D eigenvalue weighted by molar-refractivity contribution is 6.76. The summed E-state index contributed by atoms with van der Waals surface area (Å²) in [6.07, 6.45) is 0. The molecule has 116 valence electrons. The number of hydrogen-bond donors (Lipinski definition) is 0. The predicted octanol–water partition coefficient (Wildman–Crippen LogP) is 4.29. The quantitative estimate of drug-likeness (QED) is 0.726. The van der Waals surface area contributed by atoms with Crippen LogP contribution < -0.4 is 9.16 Å². The average Bonchev–Trinajstić information content (AvgIpc) is 2.35. The first-order valence-electron chi connectivity index (χ1n) is 7.13. The van der Waals surface area contributed by atoms with Crippen molar-refractivity contribution in [1.82, 2.24) is 0 Å². The molecular weight excluding hydrogens is 284 g/mol. The molecule has 1 aromatic rings. The number of benzene rings is 1. The predicted molar refractivity (Wildman–Crippen MR) is 84.2 cm³/mol. The fraction of sp³-hybridized carbons (Fsp3) is 0.562. The molecule has 1 aliphatic heterocycles. The second kappa shape index (κ2) is 4.76. The summed E-state index contributed by atoms with van der Waals surface area (Å²) < 4.78 is 17.7. The van der Waals surface area contributed by atoms with E-state index in [1.807, 2.05) is 6.07 Å². The zero-order valence-corrected chi connectivity index (χ0v) is 14.9. The Morgan fingerprint density at radius 1 is 1.00 bits per heavy atom. The second-order valence-corrected chi connectivity index (χ2v) is 12.1. The van der Waals surface area contributed by atoms with Crippen molar-refractivity contribution in [1.29, 1.82) is 0 Å². The van der Waals surface area contributed by atoms with Gasteiger partial charge in [0.05, 0.1) is 7.11 Å². The van der Waals surface area contributed by atoms with Crippen molar-refractivity contribution in [2.75, 3.05) is 7.11 Å². The minimum absolute atomic E-state index is 0.264. The van der Waals surface area contributed by atoms with Gasteiger partial charge in [0.15, 0.2) is 11.5 Å². The Hall–Kier alpha value is -1.49. The molecule has 21 heavy (non-hydrogen) atoms. The summed E-state index contributed by atoms with van der Waals surface area (Å²) in [4.78, 5) is 12.5. The van der Waals surface area contributed by atoms with Gasteiger partial charge in [-0.2, -0.15) is 0 Å². The van der Waals surface area contributed by atoms with Gasteiger partial charge >= 0.3 is 14.5 Å². The van der Waals surface area contributed by atoms with Gasteiger partial charge in [-0.3, -0.25) is 0 Å². The highest BCUT2D eigenvalue weighted by Gasteiger charge is 2.65. The smallest absolute Gasteiger partial charge is 0.473 e. The van der Waals surface area contributed by atoms with Crippen LogP contribution in [0.5, 0.6) is 11.5 Å². The molecule has 1 aliphatic rings. The number of hydrogen-bond acceptors (Lipinski definition) is 4. The van der Waals surface area contributed by atoms with E-state index < -0.39 is 8.56 Å². The van der Waals surface area contributed by atoms with Crippen LogP contribution in [0.3, 0.4) is 0 Å². The number of carbonyl (C=O) groups is 1. The Morgan fingerprint density at radius 2 is 1.57 bits per heavy atom. The van der Waals surface area contributed by atoms with Crippen LogP contribution in [0.1, 0.15) is 51.9 Å². The number of carbonyl (C=O) groups excluding carboxylic acids is 1. The van der Waals surface area contributed by atoms with E-state index in [1.54, 1.807) is 19.2 Å². The third-order valence-electron chi connectivity index (χ3n) is 3.88. The summed E-state index contributed by atoms with van der Waals surface area (Å²) in [5, 5.41) is -0.529. The molecule has 5 heteroatoms. The van der Waals surface area contributed by atoms with E-state index in [9.17, 15) is 4.79 Å². The molecule has 0 aromatic heterocycles. The molecular formula is C16H24O4Si. The maximum absolute atomic E-state index is 12.5. The molecule has 0 aliphatic carbocycles. The van der Waals surface area contributed by atoms with Gasteiger partial charge in [0.2, 0.25) is 0 Å². The van der Waals surface area contributed by atoms with E-state index in [-0.39, 0.29) is 16.0 Å². The van der Waals surface area contributed by atoms with E-state index >= 15 is 0 Å². The van der Waals surface area contributed by atoms with Gasteiger partial charge in [-0.05, 0) is 12.1 Å². The highest BCUT2D eigenvalue weighted by Crippen LogP contribution is 2.55. The van der Waals surface area contributed by atoms with E-state index in [4.69, 9.17) is 13.6 Å². The molecule has 4 nitrogen and oxygen atoms in total. The Kier molecular flexibility index (Phi) is 3.60. The molecule has 0 atom stereocenters. The van der Waals surface area contributed by atoms with Crippen molar-refractivity contribution in [3.63, 3.8) is 0 Å². The normalized spacial score (nSPS) is 17.6. The molecule has 1 heterocycles. The van der Waals surface area contributed by atoms with Crippen LogP contribution in [-0.4, -0.2) is 21.6 Å². The number of para-hydroxylation sites is 1. The van der Waals surface area contributed by atoms with E-state index in [2.05, 4.69) is 41.5 Å². The largest absolute Gasteiger partial charge is 0.508 e. The first-order valence-corrected chi connectivity index (χ1v) is 8.94. The van der Waals surface area contributed by atoms with Crippen LogP contribution in [0, 0.1) is 0 Å². The summed E-state index contributed by atoms with van der Waals surface area (Å²) >= 11 is 0. The number of fused-ring (bicyclic) bond motifs is 1. The van der Waals surface area contributed by atoms with E-state index in [0.29, 0.717) is 17.1 Å². The van der Waals surface area contributed by atoms with Crippen LogP contribution in [0.25, 0.3) is 0 Å². The summed E-state index contributed by atoms with van der Waals surface area (Å²) in [5.41, 5.74) is 0.436. The first-order chi connectivity index (χ1) is 9.53. The van der Waals surface area contributed by atoms with Gasteiger partial charge in [0, 0.05) is 10.1 Å². The maximum Gasteiger partial charge on any atom is 0.473 e. The zero-order chi connectivity index (χ0) is 16.1. The highest BCUT2D eigenvalue weighted by atomic mass is 28.4. The molecule has 0 N–H and O–H groups in total. The topological polar surface area (TPSA) is 44.8 Å². The van der Waals surface area contributed by atoms with Crippen molar-refractivity contribution in [3.8, 4) is 11.5 Å². The van der Waals surface area contributed by atoms with Crippen molar-refractivity contribution >= 4 is 14.5 Å². The summed E-state index contributed by atoms with van der Waals surface area (Å²) in [6, 6.07) is 5.29. The molecule has 0 amide bonds. The monoisotopic (exact) mass is 308 g/mol. The van der Waals surface area contributed by atoms with Gasteiger partial charge in [-0.1, -0.05) is 47.6 Å². The first kappa shape index (κ1) is 15.9. The Morgan fingerprint density at radius 3 is 2.05 bits per heavy atom. The summed E-state index contributed by atoms with van der Waals surface area (Å²) in [7, 11) is -1.30. The minimum Gasteiger partial charge on any atom is -0.508 e. The lowest BCUT2D eigenvalue weighted by molar-refractivity contribution is 0.0601. The lowest BCUT2D eigenvalue weighted by Crippen LogP contribution is -2.62. The molecule has 0 bridgehead atoms. The second-order valence-electron chi connectivity index (χ2n) is 7.45. The van der Waals surface area contributed by atoms with Gasteiger partial charge in [0.25, 0.3) is 0 Å². The zero-order valence-electron chi connectivity index (χ0n) is 13.9. The van der Waals surface area contributed by atoms with Gasteiger partial charge < -0.3 is 13.6 Å². The van der Waals surface area contributed by atoms with E-state index in [1.165, 1.54) is 0 Å². The van der Waals surface area contributed by atoms with Crippen molar-refractivity contribution < 1.29 is 18.4 Å². The summed E-state index contributed by atoms with van der Waals surface area (Å²) in [5.74, 6) is 0.786. The van der Waals surface area contributed by atoms with Gasteiger partial charge in [-0.15, -0.1) is 0 Å². The molecule has 0 saturated carbocycles. The average molecular weight is 308 g/mol. The standard InChI is InChI=1S/C16H24O4Si/c1-15(2,3)21(16(4,5)6)19-13-11(14(17)20-21)9-8-10-12(13)18-7/h8-10H,1-7H3. The molecule has 0 unspecified atom stereocenters. The van der Waals surface area contributed by atoms with Gasteiger partial charge in [0.1, 0.15) is 5.56 Å². The third-order valence-corrected chi connectivity index (χ3v) is 8.79.